The molecule has 60 valence electrons. The van der Waals surface area contributed by atoms with Crippen LogP contribution in [0.5, 0.6) is 0 Å². The molecule has 0 amide bonds. The van der Waals surface area contributed by atoms with Gasteiger partial charge in [0.1, 0.15) is 0 Å². The normalized spacial score (nSPS) is 31.9. The molecule has 2 atom stereocenters. The molecule has 0 aromatic carbocycles. The molecule has 11 heavy (non-hydrogen) atoms. The van der Waals surface area contributed by atoms with Crippen LogP contribution in [0.15, 0.2) is 0 Å². The number of nitrogens with zero attached hydrogens (tertiary/aromatic N) is 2. The maximum absolute atomic E-state index is 4.35. The Bertz CT molecular complexity index is 96.3. The van der Waals surface area contributed by atoms with Crippen molar-refractivity contribution in [2.24, 2.45) is 5.92 Å². The van der Waals surface area contributed by atoms with E-state index in [0.717, 1.165) is 12.5 Å². The molecule has 2 nitrogen and oxygen atoms in total. The molecular formula is C8H17N2Rb. The number of hydrogen-bond donors (Lipinski definition) is 0. The topological polar surface area (TPSA) is 17.3 Å². The van der Waals surface area contributed by atoms with Gasteiger partial charge >= 0.3 is 58.2 Å². The second kappa shape index (κ2) is 6.22. The van der Waals surface area contributed by atoms with Crippen LogP contribution in [0.3, 0.4) is 0 Å². The molecule has 1 saturated heterocycles. The fourth-order valence-electron chi connectivity index (χ4n) is 1.76. The minimum Gasteiger partial charge on any atom is -0.661 e. The van der Waals surface area contributed by atoms with Crippen LogP contribution < -0.4 is 58.2 Å². The Morgan fingerprint density at radius 3 is 2.45 bits per heavy atom. The van der Waals surface area contributed by atoms with Crippen molar-refractivity contribution in [2.75, 3.05) is 27.2 Å². The van der Waals surface area contributed by atoms with Gasteiger partial charge < -0.3 is 10.2 Å². The Morgan fingerprint density at radius 1 is 1.45 bits per heavy atom. The molecule has 1 heterocycles. The van der Waals surface area contributed by atoms with Crippen molar-refractivity contribution in [3.05, 3.63) is 5.32 Å². The number of likely N-dealkylation sites (N-methyl/N-ethyl adjacent to an activating group) is 2. The van der Waals surface area contributed by atoms with E-state index in [9.17, 15) is 0 Å². The van der Waals surface area contributed by atoms with Gasteiger partial charge in [-0.15, -0.1) is 6.04 Å². The summed E-state index contributed by atoms with van der Waals surface area (Å²) in [5.41, 5.74) is 0. The van der Waals surface area contributed by atoms with Crippen molar-refractivity contribution in [3.63, 3.8) is 0 Å². The van der Waals surface area contributed by atoms with Crippen LogP contribution >= 0.6 is 0 Å². The number of likely N-dealkylation sites (tertiary alicyclic amines) is 1. The maximum Gasteiger partial charge on any atom is 1.00 e. The summed E-state index contributed by atoms with van der Waals surface area (Å²) in [6.07, 6.45) is 1.27. The Morgan fingerprint density at radius 2 is 2.09 bits per heavy atom. The smallest absolute Gasteiger partial charge is 0.661 e. The van der Waals surface area contributed by atoms with Crippen LogP contribution in [-0.2, 0) is 0 Å². The molecule has 0 saturated carbocycles. The SMILES string of the molecule is CCC1CN(C)CC1[N-]C.[Rb+]. The molecule has 0 radical (unpaired) electrons. The Kier molecular flexibility index (Phi) is 7.20. The van der Waals surface area contributed by atoms with Crippen molar-refractivity contribution in [2.45, 2.75) is 19.4 Å². The van der Waals surface area contributed by atoms with Crippen molar-refractivity contribution in [1.29, 1.82) is 0 Å². The monoisotopic (exact) mass is 226 g/mol. The Hall–Kier alpha value is 1.73. The summed E-state index contributed by atoms with van der Waals surface area (Å²) in [6.45, 7) is 4.65. The van der Waals surface area contributed by atoms with Gasteiger partial charge in [-0.25, -0.2) is 0 Å². The third-order valence-corrected chi connectivity index (χ3v) is 2.45. The minimum absolute atomic E-state index is 0. The molecule has 0 N–H and O–H groups in total. The molecule has 1 fully saturated rings. The van der Waals surface area contributed by atoms with Gasteiger partial charge in [0.05, 0.1) is 0 Å². The first-order chi connectivity index (χ1) is 4.77. The van der Waals surface area contributed by atoms with Crippen LogP contribution in [0, 0.1) is 5.92 Å². The Labute approximate surface area is 119 Å². The van der Waals surface area contributed by atoms with Gasteiger partial charge in [0.25, 0.3) is 0 Å². The second-order valence-corrected chi connectivity index (χ2v) is 3.22. The van der Waals surface area contributed by atoms with E-state index in [-0.39, 0.29) is 58.2 Å². The summed E-state index contributed by atoms with van der Waals surface area (Å²) in [6, 6.07) is 0.606. The molecule has 1 aliphatic rings. The van der Waals surface area contributed by atoms with Crippen LogP contribution in [0.1, 0.15) is 13.3 Å². The standard InChI is InChI=1S/C8H17N2.Rb/c1-4-7-5-10(3)6-8(7)9-2;/h7-8H,4-6H2,1-3H3;/q-1;+1. The summed E-state index contributed by atoms with van der Waals surface area (Å²) in [7, 11) is 4.11. The van der Waals surface area contributed by atoms with E-state index in [0.29, 0.717) is 6.04 Å². The maximum atomic E-state index is 4.35. The average molecular weight is 227 g/mol. The summed E-state index contributed by atoms with van der Waals surface area (Å²) in [5, 5.41) is 4.35. The van der Waals surface area contributed by atoms with Gasteiger partial charge in [0.2, 0.25) is 0 Å². The molecule has 0 aromatic heterocycles. The predicted molar refractivity (Wildman–Crippen MR) is 44.3 cm³/mol. The number of hydrogen-bond acceptors (Lipinski definition) is 1. The Balaban J connectivity index is 0.000001000. The first-order valence-electron chi connectivity index (χ1n) is 4.05. The van der Waals surface area contributed by atoms with Crippen molar-refractivity contribution in [1.82, 2.24) is 4.90 Å². The summed E-state index contributed by atoms with van der Waals surface area (Å²) >= 11 is 0. The van der Waals surface area contributed by atoms with Crippen LogP contribution in [0.2, 0.25) is 0 Å². The molecule has 1 aliphatic heterocycles. The van der Waals surface area contributed by atoms with Gasteiger partial charge in [-0.05, 0) is 26.1 Å². The largest absolute Gasteiger partial charge is 1.00 e. The van der Waals surface area contributed by atoms with Gasteiger partial charge in [-0.2, -0.15) is 7.05 Å². The molecule has 0 aromatic rings. The van der Waals surface area contributed by atoms with E-state index in [1.165, 1.54) is 13.0 Å². The molecule has 3 heteroatoms. The molecule has 0 bridgehead atoms. The zero-order valence-electron chi connectivity index (χ0n) is 8.17. The van der Waals surface area contributed by atoms with E-state index in [4.69, 9.17) is 0 Å². The second-order valence-electron chi connectivity index (χ2n) is 3.22. The molecule has 0 spiro atoms. The van der Waals surface area contributed by atoms with Gasteiger partial charge in [0, 0.05) is 0 Å². The predicted octanol–water partition coefficient (Wildman–Crippen LogP) is -1.67. The van der Waals surface area contributed by atoms with E-state index in [1.54, 1.807) is 0 Å². The summed E-state index contributed by atoms with van der Waals surface area (Å²) < 4.78 is 0. The van der Waals surface area contributed by atoms with Crippen molar-refractivity contribution >= 4 is 0 Å². The summed E-state index contributed by atoms with van der Waals surface area (Å²) in [4.78, 5) is 2.37. The fraction of sp³-hybridized carbons (Fsp3) is 1.00. The van der Waals surface area contributed by atoms with Crippen molar-refractivity contribution in [3.8, 4) is 0 Å². The fourth-order valence-corrected chi connectivity index (χ4v) is 1.76. The van der Waals surface area contributed by atoms with Crippen LogP contribution in [-0.4, -0.2) is 38.1 Å². The minimum atomic E-state index is 0. The van der Waals surface area contributed by atoms with Gasteiger partial charge in [0.15, 0.2) is 0 Å². The number of rotatable bonds is 2. The van der Waals surface area contributed by atoms with Gasteiger partial charge in [-0.3, -0.25) is 0 Å². The first-order valence-corrected chi connectivity index (χ1v) is 4.05. The summed E-state index contributed by atoms with van der Waals surface area (Å²) in [5.74, 6) is 0.815. The van der Waals surface area contributed by atoms with E-state index in [2.05, 4.69) is 24.2 Å². The van der Waals surface area contributed by atoms with E-state index >= 15 is 0 Å². The van der Waals surface area contributed by atoms with Gasteiger partial charge in [-0.1, -0.05) is 13.3 Å². The van der Waals surface area contributed by atoms with E-state index in [1.807, 2.05) is 7.05 Å². The van der Waals surface area contributed by atoms with Crippen molar-refractivity contribution < 1.29 is 58.2 Å². The molecule has 1 rings (SSSR count). The first kappa shape index (κ1) is 12.7. The zero-order chi connectivity index (χ0) is 7.56. The van der Waals surface area contributed by atoms with Crippen LogP contribution in [0.25, 0.3) is 5.32 Å². The molecular weight excluding hydrogens is 210 g/mol. The average Bonchev–Trinajstić information content (AvgIpc) is 2.30. The van der Waals surface area contributed by atoms with E-state index < -0.39 is 0 Å². The third-order valence-electron chi connectivity index (χ3n) is 2.45. The zero-order valence-corrected chi connectivity index (χ0v) is 13.1. The van der Waals surface area contributed by atoms with Crippen LogP contribution in [0.4, 0.5) is 0 Å². The third kappa shape index (κ3) is 3.53. The molecule has 2 unspecified atom stereocenters. The molecule has 0 aliphatic carbocycles. The quantitative estimate of drug-likeness (QED) is 0.551.